The summed E-state index contributed by atoms with van der Waals surface area (Å²) < 4.78 is 0. The van der Waals surface area contributed by atoms with Gasteiger partial charge >= 0.3 is 0 Å². The highest BCUT2D eigenvalue weighted by Gasteiger charge is 2.26. The second-order valence-corrected chi connectivity index (χ2v) is 5.77. The Bertz CT molecular complexity index is 517. The van der Waals surface area contributed by atoms with Crippen LogP contribution >= 0.6 is 12.4 Å². The van der Waals surface area contributed by atoms with Crippen LogP contribution in [0.2, 0.25) is 0 Å². The molecule has 1 aliphatic heterocycles. The van der Waals surface area contributed by atoms with Crippen LogP contribution in [0, 0.1) is 5.92 Å². The number of amides is 2. The molecule has 1 aromatic carbocycles. The zero-order chi connectivity index (χ0) is 15.4. The third kappa shape index (κ3) is 4.71. The van der Waals surface area contributed by atoms with Gasteiger partial charge in [0.25, 0.3) is 5.91 Å². The summed E-state index contributed by atoms with van der Waals surface area (Å²) in [6.45, 7) is 4.97. The summed E-state index contributed by atoms with van der Waals surface area (Å²) in [5, 5.41) is 2.69. The van der Waals surface area contributed by atoms with Gasteiger partial charge in [-0.25, -0.2) is 0 Å². The molecule has 122 valence electrons. The molecule has 0 spiro atoms. The monoisotopic (exact) mass is 325 g/mol. The molecular formula is C16H24ClN3O2. The number of piperidine rings is 1. The number of likely N-dealkylation sites (tertiary alicyclic amines) is 1. The number of halogens is 1. The number of nitrogens with zero attached hydrogens (tertiary/aromatic N) is 1. The van der Waals surface area contributed by atoms with Gasteiger partial charge < -0.3 is 16.0 Å². The molecule has 0 saturated carbocycles. The molecule has 2 unspecified atom stereocenters. The van der Waals surface area contributed by atoms with Gasteiger partial charge in [-0.05, 0) is 49.9 Å². The minimum atomic E-state index is -0.120. The molecule has 0 aliphatic carbocycles. The molecule has 2 atom stereocenters. The fraction of sp³-hybridized carbons (Fsp3) is 0.500. The van der Waals surface area contributed by atoms with E-state index in [1.807, 2.05) is 11.8 Å². The first-order valence-electron chi connectivity index (χ1n) is 7.40. The zero-order valence-corrected chi connectivity index (χ0v) is 13.9. The van der Waals surface area contributed by atoms with E-state index in [1.165, 1.54) is 6.92 Å². The van der Waals surface area contributed by atoms with Gasteiger partial charge in [0.1, 0.15) is 0 Å². The van der Waals surface area contributed by atoms with Crippen molar-refractivity contribution < 1.29 is 9.59 Å². The van der Waals surface area contributed by atoms with Crippen molar-refractivity contribution in [2.24, 2.45) is 11.7 Å². The molecule has 2 rings (SSSR count). The smallest absolute Gasteiger partial charge is 0.253 e. The van der Waals surface area contributed by atoms with Crippen LogP contribution in [0.25, 0.3) is 0 Å². The molecule has 3 N–H and O–H groups in total. The van der Waals surface area contributed by atoms with Gasteiger partial charge in [0, 0.05) is 37.3 Å². The summed E-state index contributed by atoms with van der Waals surface area (Å²) in [6, 6.07) is 7.12. The van der Waals surface area contributed by atoms with Gasteiger partial charge in [-0.1, -0.05) is 0 Å². The van der Waals surface area contributed by atoms with Crippen LogP contribution in [-0.2, 0) is 4.79 Å². The van der Waals surface area contributed by atoms with Gasteiger partial charge in [-0.2, -0.15) is 0 Å². The van der Waals surface area contributed by atoms with Gasteiger partial charge in [0.15, 0.2) is 0 Å². The lowest BCUT2D eigenvalue weighted by Gasteiger charge is -2.34. The van der Waals surface area contributed by atoms with Crippen molar-refractivity contribution in [2.45, 2.75) is 32.7 Å². The van der Waals surface area contributed by atoms with Crippen molar-refractivity contribution in [3.8, 4) is 0 Å². The standard InChI is InChI=1S/C16H23N3O2.ClH/c1-11(17)14-4-3-9-19(10-14)16(21)13-5-7-15(8-6-13)18-12(2)20;/h5-8,11,14H,3-4,9-10,17H2,1-2H3,(H,18,20);1H. The van der Waals surface area contributed by atoms with Gasteiger partial charge in [0.2, 0.25) is 5.91 Å². The number of hydrogen-bond donors (Lipinski definition) is 2. The van der Waals surface area contributed by atoms with Crippen molar-refractivity contribution in [1.29, 1.82) is 0 Å². The number of carbonyl (C=O) groups excluding carboxylic acids is 2. The Morgan fingerprint density at radius 1 is 1.32 bits per heavy atom. The number of nitrogens with two attached hydrogens (primary N) is 1. The van der Waals surface area contributed by atoms with E-state index in [4.69, 9.17) is 5.73 Å². The molecule has 0 bridgehead atoms. The SMILES string of the molecule is CC(=O)Nc1ccc(C(=O)N2CCCC(C(C)N)C2)cc1.Cl. The number of hydrogen-bond acceptors (Lipinski definition) is 3. The molecule has 1 aliphatic rings. The highest BCUT2D eigenvalue weighted by molar-refractivity contribution is 5.95. The summed E-state index contributed by atoms with van der Waals surface area (Å²) in [5.74, 6) is 0.293. The van der Waals surface area contributed by atoms with E-state index in [9.17, 15) is 9.59 Å². The fourth-order valence-electron chi connectivity index (χ4n) is 2.71. The average molecular weight is 326 g/mol. The lowest BCUT2D eigenvalue weighted by atomic mass is 9.92. The predicted octanol–water partition coefficient (Wildman–Crippen LogP) is 2.27. The molecule has 0 aromatic heterocycles. The van der Waals surface area contributed by atoms with Crippen LogP contribution in [0.5, 0.6) is 0 Å². The number of rotatable bonds is 3. The highest BCUT2D eigenvalue weighted by Crippen LogP contribution is 2.21. The molecule has 1 aromatic rings. The van der Waals surface area contributed by atoms with Gasteiger partial charge in [-0.3, -0.25) is 9.59 Å². The van der Waals surface area contributed by atoms with E-state index in [-0.39, 0.29) is 30.3 Å². The first-order chi connectivity index (χ1) is 9.97. The summed E-state index contributed by atoms with van der Waals surface area (Å²) >= 11 is 0. The maximum atomic E-state index is 12.5. The zero-order valence-electron chi connectivity index (χ0n) is 13.0. The van der Waals surface area contributed by atoms with Crippen molar-refractivity contribution in [2.75, 3.05) is 18.4 Å². The summed E-state index contributed by atoms with van der Waals surface area (Å²) in [7, 11) is 0. The summed E-state index contributed by atoms with van der Waals surface area (Å²) in [4.78, 5) is 25.4. The highest BCUT2D eigenvalue weighted by atomic mass is 35.5. The quantitative estimate of drug-likeness (QED) is 0.895. The topological polar surface area (TPSA) is 75.4 Å². The molecule has 1 heterocycles. The molecular weight excluding hydrogens is 302 g/mol. The van der Waals surface area contributed by atoms with Crippen molar-refractivity contribution >= 4 is 29.9 Å². The molecule has 1 fully saturated rings. The van der Waals surface area contributed by atoms with Crippen LogP contribution in [-0.4, -0.2) is 35.8 Å². The van der Waals surface area contributed by atoms with E-state index >= 15 is 0 Å². The Labute approximate surface area is 137 Å². The number of anilines is 1. The molecule has 1 saturated heterocycles. The normalized spacial score (nSPS) is 19.0. The minimum Gasteiger partial charge on any atom is -0.338 e. The third-order valence-electron chi connectivity index (χ3n) is 3.94. The van der Waals surface area contributed by atoms with Gasteiger partial charge in [0.05, 0.1) is 0 Å². The van der Waals surface area contributed by atoms with Crippen molar-refractivity contribution in [3.63, 3.8) is 0 Å². The van der Waals surface area contributed by atoms with E-state index in [2.05, 4.69) is 5.32 Å². The van der Waals surface area contributed by atoms with Crippen LogP contribution in [0.3, 0.4) is 0 Å². The van der Waals surface area contributed by atoms with Crippen molar-refractivity contribution in [3.05, 3.63) is 29.8 Å². The second kappa shape index (κ2) is 8.15. The molecule has 2 amide bonds. The first kappa shape index (κ1) is 18.5. The van der Waals surface area contributed by atoms with Gasteiger partial charge in [-0.15, -0.1) is 12.4 Å². The van der Waals surface area contributed by atoms with E-state index < -0.39 is 0 Å². The molecule has 6 heteroatoms. The Morgan fingerprint density at radius 2 is 1.95 bits per heavy atom. The third-order valence-corrected chi connectivity index (χ3v) is 3.94. The maximum Gasteiger partial charge on any atom is 0.253 e. The maximum absolute atomic E-state index is 12.5. The number of benzene rings is 1. The Hall–Kier alpha value is -1.59. The minimum absolute atomic E-state index is 0. The number of carbonyl (C=O) groups is 2. The Balaban J connectivity index is 0.00000242. The lowest BCUT2D eigenvalue weighted by molar-refractivity contribution is -0.114. The van der Waals surface area contributed by atoms with Crippen LogP contribution in [0.15, 0.2) is 24.3 Å². The predicted molar refractivity (Wildman–Crippen MR) is 90.3 cm³/mol. The van der Waals surface area contributed by atoms with E-state index in [1.54, 1.807) is 24.3 Å². The van der Waals surface area contributed by atoms with Crippen LogP contribution in [0.1, 0.15) is 37.0 Å². The first-order valence-corrected chi connectivity index (χ1v) is 7.40. The summed E-state index contributed by atoms with van der Waals surface area (Å²) in [5.41, 5.74) is 7.30. The largest absolute Gasteiger partial charge is 0.338 e. The Kier molecular flexibility index (Phi) is 6.84. The number of nitrogens with one attached hydrogen (secondary N) is 1. The Morgan fingerprint density at radius 3 is 2.50 bits per heavy atom. The lowest BCUT2D eigenvalue weighted by Crippen LogP contribution is -2.45. The molecule has 5 nitrogen and oxygen atoms in total. The fourth-order valence-corrected chi connectivity index (χ4v) is 2.71. The second-order valence-electron chi connectivity index (χ2n) is 5.77. The summed E-state index contributed by atoms with van der Waals surface area (Å²) in [6.07, 6.45) is 2.09. The van der Waals surface area contributed by atoms with E-state index in [0.717, 1.165) is 25.9 Å². The average Bonchev–Trinajstić information content (AvgIpc) is 2.47. The van der Waals surface area contributed by atoms with Crippen LogP contribution < -0.4 is 11.1 Å². The molecule has 22 heavy (non-hydrogen) atoms. The van der Waals surface area contributed by atoms with Crippen molar-refractivity contribution in [1.82, 2.24) is 4.90 Å². The molecule has 0 radical (unpaired) electrons. The van der Waals surface area contributed by atoms with E-state index in [0.29, 0.717) is 17.2 Å². The van der Waals surface area contributed by atoms with Crippen LogP contribution in [0.4, 0.5) is 5.69 Å².